The molecule has 0 N–H and O–H groups in total. The summed E-state index contributed by atoms with van der Waals surface area (Å²) in [5, 5.41) is 0. The van der Waals surface area contributed by atoms with E-state index in [4.69, 9.17) is 11.6 Å². The minimum atomic E-state index is -2.82. The van der Waals surface area contributed by atoms with Crippen LogP contribution in [0.15, 0.2) is 0 Å². The van der Waals surface area contributed by atoms with Gasteiger partial charge in [0.2, 0.25) is 0 Å². The van der Waals surface area contributed by atoms with E-state index in [-0.39, 0.29) is 5.75 Å². The molecule has 0 amide bonds. The van der Waals surface area contributed by atoms with Gasteiger partial charge in [0.15, 0.2) is 0 Å². The summed E-state index contributed by atoms with van der Waals surface area (Å²) in [5.41, 5.74) is 0. The molecule has 0 atom stereocenters. The maximum atomic E-state index is 11.5. The van der Waals surface area contributed by atoms with Gasteiger partial charge in [-0.1, -0.05) is 26.2 Å². The van der Waals surface area contributed by atoms with Gasteiger partial charge in [-0.2, -0.15) is 0 Å². The molecule has 0 aromatic heterocycles. The van der Waals surface area contributed by atoms with Crippen molar-refractivity contribution in [3.05, 3.63) is 0 Å². The molecule has 0 unspecified atom stereocenters. The molecular formula is C13H26ClNO2S. The second kappa shape index (κ2) is 8.39. The lowest BCUT2D eigenvalue weighted by atomic mass is 9.94. The number of nitrogens with zero attached hydrogens (tertiary/aromatic N) is 1. The van der Waals surface area contributed by atoms with Gasteiger partial charge >= 0.3 is 0 Å². The summed E-state index contributed by atoms with van der Waals surface area (Å²) in [7, 11) is -2.82. The van der Waals surface area contributed by atoms with Crippen LogP contribution in [-0.2, 0) is 9.84 Å². The summed E-state index contributed by atoms with van der Waals surface area (Å²) in [4.78, 5) is 2.40. The summed E-state index contributed by atoms with van der Waals surface area (Å²) in [6, 6.07) is 0.627. The Balaban J connectivity index is 2.37. The lowest BCUT2D eigenvalue weighted by Gasteiger charge is -2.33. The Hall–Kier alpha value is 0.200. The summed E-state index contributed by atoms with van der Waals surface area (Å²) in [5.74, 6) is 1.21. The fourth-order valence-corrected chi connectivity index (χ4v) is 3.74. The van der Waals surface area contributed by atoms with Crippen molar-refractivity contribution >= 4 is 21.4 Å². The number of sulfone groups is 1. The first-order valence-corrected chi connectivity index (χ1v) is 9.45. The van der Waals surface area contributed by atoms with Crippen LogP contribution in [0.3, 0.4) is 0 Å². The Morgan fingerprint density at radius 3 is 2.39 bits per heavy atom. The maximum absolute atomic E-state index is 11.5. The lowest BCUT2D eigenvalue weighted by Crippen LogP contribution is -2.39. The Labute approximate surface area is 117 Å². The van der Waals surface area contributed by atoms with Gasteiger partial charge in [0.25, 0.3) is 0 Å². The van der Waals surface area contributed by atoms with Crippen molar-refractivity contribution in [3.63, 3.8) is 0 Å². The van der Waals surface area contributed by atoms with E-state index in [0.29, 0.717) is 17.7 Å². The maximum Gasteiger partial charge on any atom is 0.150 e. The summed E-state index contributed by atoms with van der Waals surface area (Å²) >= 11 is 5.85. The quantitative estimate of drug-likeness (QED) is 0.646. The largest absolute Gasteiger partial charge is 0.299 e. The normalized spacial score (nSPS) is 18.4. The van der Waals surface area contributed by atoms with Gasteiger partial charge in [-0.05, 0) is 25.8 Å². The second-order valence-electron chi connectivity index (χ2n) is 5.11. The third-order valence-corrected chi connectivity index (χ3v) is 5.76. The molecular weight excluding hydrogens is 270 g/mol. The van der Waals surface area contributed by atoms with Crippen molar-refractivity contribution < 1.29 is 8.42 Å². The van der Waals surface area contributed by atoms with Crippen molar-refractivity contribution in [2.24, 2.45) is 0 Å². The van der Waals surface area contributed by atoms with E-state index in [1.807, 2.05) is 0 Å². The average Bonchev–Trinajstić information content (AvgIpc) is 2.39. The molecule has 0 bridgehead atoms. The van der Waals surface area contributed by atoms with Crippen molar-refractivity contribution in [3.8, 4) is 0 Å². The van der Waals surface area contributed by atoms with Gasteiger partial charge in [0.05, 0.1) is 5.75 Å². The molecule has 1 aliphatic carbocycles. The molecule has 3 nitrogen and oxygen atoms in total. The fraction of sp³-hybridized carbons (Fsp3) is 1.00. The predicted molar refractivity (Wildman–Crippen MR) is 78.1 cm³/mol. The fourth-order valence-electron chi connectivity index (χ4n) is 2.66. The standard InChI is InChI=1S/C13H26ClNO2S/c1-2-18(16,17)12-6-10-15(11-9-14)13-7-4-3-5-8-13/h13H,2-12H2,1H3. The van der Waals surface area contributed by atoms with Crippen LogP contribution in [-0.4, -0.2) is 49.8 Å². The Morgan fingerprint density at radius 2 is 1.83 bits per heavy atom. The number of rotatable bonds is 8. The van der Waals surface area contributed by atoms with Crippen LogP contribution >= 0.6 is 11.6 Å². The van der Waals surface area contributed by atoms with Gasteiger partial charge in [-0.15, -0.1) is 11.6 Å². The molecule has 5 heteroatoms. The van der Waals surface area contributed by atoms with E-state index in [0.717, 1.165) is 19.5 Å². The Morgan fingerprint density at radius 1 is 1.17 bits per heavy atom. The Kier molecular flexibility index (Phi) is 7.57. The highest BCUT2D eigenvalue weighted by molar-refractivity contribution is 7.91. The first kappa shape index (κ1) is 16.3. The molecule has 1 rings (SSSR count). The number of hydrogen-bond donors (Lipinski definition) is 0. The van der Waals surface area contributed by atoms with E-state index < -0.39 is 9.84 Å². The molecule has 0 saturated heterocycles. The van der Waals surface area contributed by atoms with E-state index in [2.05, 4.69) is 4.90 Å². The van der Waals surface area contributed by atoms with E-state index in [1.54, 1.807) is 6.92 Å². The van der Waals surface area contributed by atoms with E-state index in [9.17, 15) is 8.42 Å². The second-order valence-corrected chi connectivity index (χ2v) is 7.96. The minimum absolute atomic E-state index is 0.256. The molecule has 0 heterocycles. The highest BCUT2D eigenvalue weighted by Gasteiger charge is 2.20. The van der Waals surface area contributed by atoms with Crippen LogP contribution < -0.4 is 0 Å². The molecule has 0 aromatic carbocycles. The number of halogens is 1. The van der Waals surface area contributed by atoms with Gasteiger partial charge in [-0.25, -0.2) is 8.42 Å². The molecule has 108 valence electrons. The topological polar surface area (TPSA) is 37.4 Å². The number of hydrogen-bond acceptors (Lipinski definition) is 3. The zero-order chi connectivity index (χ0) is 13.4. The van der Waals surface area contributed by atoms with Crippen LogP contribution in [0, 0.1) is 0 Å². The molecule has 0 aromatic rings. The predicted octanol–water partition coefficient (Wildman–Crippen LogP) is 2.68. The van der Waals surface area contributed by atoms with Crippen LogP contribution in [0.4, 0.5) is 0 Å². The molecule has 1 aliphatic rings. The minimum Gasteiger partial charge on any atom is -0.299 e. The van der Waals surface area contributed by atoms with Crippen LogP contribution in [0.1, 0.15) is 45.4 Å². The molecule has 18 heavy (non-hydrogen) atoms. The van der Waals surface area contributed by atoms with Gasteiger partial charge in [-0.3, -0.25) is 4.90 Å². The first-order valence-electron chi connectivity index (χ1n) is 7.09. The highest BCUT2D eigenvalue weighted by Crippen LogP contribution is 2.22. The van der Waals surface area contributed by atoms with Crippen LogP contribution in [0.2, 0.25) is 0 Å². The zero-order valence-corrected chi connectivity index (χ0v) is 13.0. The van der Waals surface area contributed by atoms with Crippen molar-refractivity contribution in [2.75, 3.05) is 30.5 Å². The van der Waals surface area contributed by atoms with Gasteiger partial charge in [0.1, 0.15) is 9.84 Å². The highest BCUT2D eigenvalue weighted by atomic mass is 35.5. The van der Waals surface area contributed by atoms with Crippen LogP contribution in [0.5, 0.6) is 0 Å². The van der Waals surface area contributed by atoms with E-state index >= 15 is 0 Å². The van der Waals surface area contributed by atoms with Crippen LogP contribution in [0.25, 0.3) is 0 Å². The zero-order valence-electron chi connectivity index (χ0n) is 11.4. The summed E-state index contributed by atoms with van der Waals surface area (Å²) in [6.07, 6.45) is 7.18. The van der Waals surface area contributed by atoms with E-state index in [1.165, 1.54) is 32.1 Å². The monoisotopic (exact) mass is 295 g/mol. The van der Waals surface area contributed by atoms with Crippen molar-refractivity contribution in [2.45, 2.75) is 51.5 Å². The van der Waals surface area contributed by atoms with Gasteiger partial charge < -0.3 is 0 Å². The molecule has 1 fully saturated rings. The smallest absolute Gasteiger partial charge is 0.150 e. The third-order valence-electron chi connectivity index (χ3n) is 3.80. The molecule has 0 radical (unpaired) electrons. The van der Waals surface area contributed by atoms with Crippen molar-refractivity contribution in [1.82, 2.24) is 4.90 Å². The molecule has 1 saturated carbocycles. The average molecular weight is 296 g/mol. The molecule has 0 aliphatic heterocycles. The number of alkyl halides is 1. The Bertz CT molecular complexity index is 313. The van der Waals surface area contributed by atoms with Gasteiger partial charge in [0, 0.05) is 24.2 Å². The SMILES string of the molecule is CCS(=O)(=O)CCCN(CCCl)C1CCCCC1. The summed E-state index contributed by atoms with van der Waals surface area (Å²) < 4.78 is 22.9. The first-order chi connectivity index (χ1) is 8.59. The summed E-state index contributed by atoms with van der Waals surface area (Å²) in [6.45, 7) is 3.47. The molecule has 0 spiro atoms. The van der Waals surface area contributed by atoms with Crippen molar-refractivity contribution in [1.29, 1.82) is 0 Å². The lowest BCUT2D eigenvalue weighted by molar-refractivity contribution is 0.165. The third kappa shape index (κ3) is 5.89.